The molecule has 0 radical (unpaired) electrons. The van der Waals surface area contributed by atoms with Crippen molar-refractivity contribution in [3.05, 3.63) is 51.7 Å². The predicted octanol–water partition coefficient (Wildman–Crippen LogP) is 3.21. The van der Waals surface area contributed by atoms with E-state index < -0.39 is 29.5 Å². The first kappa shape index (κ1) is 19.6. The van der Waals surface area contributed by atoms with Crippen LogP contribution < -0.4 is 11.1 Å². The number of benzene rings is 1. The average Bonchev–Trinajstić information content (AvgIpc) is 2.93. The number of amides is 2. The van der Waals surface area contributed by atoms with Gasteiger partial charge in [-0.1, -0.05) is 25.1 Å². The molecule has 0 aliphatic rings. The number of ether oxygens (including phenoxy) is 1. The summed E-state index contributed by atoms with van der Waals surface area (Å²) < 4.78 is 18.8. The van der Waals surface area contributed by atoms with Gasteiger partial charge in [-0.2, -0.15) is 0 Å². The van der Waals surface area contributed by atoms with Crippen molar-refractivity contribution >= 4 is 34.1 Å². The number of anilines is 1. The van der Waals surface area contributed by atoms with Crippen LogP contribution in [0.5, 0.6) is 0 Å². The van der Waals surface area contributed by atoms with Crippen LogP contribution in [0, 0.1) is 12.7 Å². The first-order chi connectivity index (χ1) is 12.3. The number of methoxy groups -OCH3 is 1. The van der Waals surface area contributed by atoms with Crippen molar-refractivity contribution in [2.24, 2.45) is 5.73 Å². The number of hydrogen-bond donors (Lipinski definition) is 2. The standard InChI is InChI=1S/C18H19FN2O4S/c1-4-10(11-7-5-6-8-12(11)19)16(23)21-17-13(18(24)25-3)9(2)14(26-17)15(20)22/h5-8,10H,4H2,1-3H3,(H2,20,22)(H,21,23). The Bertz CT molecular complexity index is 863. The number of hydrogen-bond acceptors (Lipinski definition) is 5. The normalized spacial score (nSPS) is 11.7. The molecule has 1 aromatic heterocycles. The van der Waals surface area contributed by atoms with Crippen LogP contribution in [0.3, 0.4) is 0 Å². The van der Waals surface area contributed by atoms with Gasteiger partial charge in [0.25, 0.3) is 5.91 Å². The Morgan fingerprint density at radius 2 is 1.96 bits per heavy atom. The van der Waals surface area contributed by atoms with Crippen LogP contribution in [0.4, 0.5) is 9.39 Å². The van der Waals surface area contributed by atoms with Crippen molar-refractivity contribution in [1.29, 1.82) is 0 Å². The lowest BCUT2D eigenvalue weighted by Gasteiger charge is -2.16. The molecule has 1 atom stereocenters. The quantitative estimate of drug-likeness (QED) is 0.754. The molecule has 0 spiro atoms. The fourth-order valence-corrected chi connectivity index (χ4v) is 3.74. The van der Waals surface area contributed by atoms with Gasteiger partial charge in [-0.3, -0.25) is 9.59 Å². The van der Waals surface area contributed by atoms with E-state index >= 15 is 0 Å². The molecular weight excluding hydrogens is 359 g/mol. The van der Waals surface area contributed by atoms with Crippen molar-refractivity contribution in [3.63, 3.8) is 0 Å². The van der Waals surface area contributed by atoms with E-state index in [9.17, 15) is 18.8 Å². The van der Waals surface area contributed by atoms with E-state index in [2.05, 4.69) is 5.32 Å². The molecule has 0 bridgehead atoms. The maximum Gasteiger partial charge on any atom is 0.341 e. The number of nitrogens with two attached hydrogens (primary N) is 1. The van der Waals surface area contributed by atoms with Gasteiger partial charge < -0.3 is 15.8 Å². The summed E-state index contributed by atoms with van der Waals surface area (Å²) in [6, 6.07) is 6.01. The first-order valence-corrected chi connectivity index (χ1v) is 8.70. The van der Waals surface area contributed by atoms with Crippen molar-refractivity contribution in [2.75, 3.05) is 12.4 Å². The van der Waals surface area contributed by atoms with Crippen molar-refractivity contribution in [3.8, 4) is 0 Å². The molecule has 2 aromatic rings. The molecule has 138 valence electrons. The van der Waals surface area contributed by atoms with Crippen LogP contribution in [-0.2, 0) is 9.53 Å². The van der Waals surface area contributed by atoms with E-state index in [0.717, 1.165) is 11.3 Å². The van der Waals surface area contributed by atoms with Gasteiger partial charge in [0.05, 0.1) is 23.5 Å². The number of esters is 1. The molecule has 26 heavy (non-hydrogen) atoms. The summed E-state index contributed by atoms with van der Waals surface area (Å²) in [7, 11) is 1.20. The number of halogens is 1. The molecule has 2 amide bonds. The minimum Gasteiger partial charge on any atom is -0.465 e. The third kappa shape index (κ3) is 3.75. The van der Waals surface area contributed by atoms with Gasteiger partial charge in [-0.25, -0.2) is 9.18 Å². The minimum atomic E-state index is -0.749. The number of carbonyl (C=O) groups is 3. The summed E-state index contributed by atoms with van der Waals surface area (Å²) >= 11 is 0.892. The SMILES string of the molecule is CCC(C(=O)Nc1sc(C(N)=O)c(C)c1C(=O)OC)c1ccccc1F. The Morgan fingerprint density at radius 1 is 1.31 bits per heavy atom. The Labute approximate surface area is 154 Å². The van der Waals surface area contributed by atoms with Crippen LogP contribution in [0.15, 0.2) is 24.3 Å². The molecule has 0 aliphatic carbocycles. The molecule has 1 unspecified atom stereocenters. The van der Waals surface area contributed by atoms with Crippen LogP contribution >= 0.6 is 11.3 Å². The number of carbonyl (C=O) groups excluding carboxylic acids is 3. The van der Waals surface area contributed by atoms with Gasteiger partial charge in [0, 0.05) is 5.56 Å². The number of primary amides is 1. The average molecular weight is 378 g/mol. The Morgan fingerprint density at radius 3 is 2.50 bits per heavy atom. The molecule has 1 aromatic carbocycles. The lowest BCUT2D eigenvalue weighted by molar-refractivity contribution is -0.117. The van der Waals surface area contributed by atoms with E-state index in [1.807, 2.05) is 0 Å². The minimum absolute atomic E-state index is 0.0723. The molecule has 0 saturated heterocycles. The van der Waals surface area contributed by atoms with E-state index in [-0.39, 0.29) is 21.0 Å². The highest BCUT2D eigenvalue weighted by Gasteiger charge is 2.28. The molecule has 3 N–H and O–H groups in total. The summed E-state index contributed by atoms with van der Waals surface area (Å²) in [5.41, 5.74) is 5.99. The molecule has 1 heterocycles. The molecule has 0 saturated carbocycles. The third-order valence-electron chi connectivity index (χ3n) is 4.00. The highest BCUT2D eigenvalue weighted by molar-refractivity contribution is 7.18. The molecule has 8 heteroatoms. The van der Waals surface area contributed by atoms with Gasteiger partial charge in [-0.15, -0.1) is 11.3 Å². The molecule has 6 nitrogen and oxygen atoms in total. The highest BCUT2D eigenvalue weighted by atomic mass is 32.1. The highest BCUT2D eigenvalue weighted by Crippen LogP contribution is 2.34. The monoisotopic (exact) mass is 378 g/mol. The summed E-state index contributed by atoms with van der Waals surface area (Å²) in [5.74, 6) is -3.12. The number of nitrogens with one attached hydrogen (secondary N) is 1. The van der Waals surface area contributed by atoms with Gasteiger partial charge in [0.15, 0.2) is 0 Å². The summed E-state index contributed by atoms with van der Waals surface area (Å²) in [5, 5.41) is 2.78. The zero-order valence-corrected chi connectivity index (χ0v) is 15.4. The summed E-state index contributed by atoms with van der Waals surface area (Å²) in [4.78, 5) is 36.5. The second-order valence-corrected chi connectivity index (χ2v) is 6.61. The first-order valence-electron chi connectivity index (χ1n) is 7.88. The van der Waals surface area contributed by atoms with Gasteiger partial charge >= 0.3 is 5.97 Å². The fourth-order valence-electron chi connectivity index (χ4n) is 2.69. The van der Waals surface area contributed by atoms with Crippen LogP contribution in [0.1, 0.15) is 50.4 Å². The van der Waals surface area contributed by atoms with Gasteiger partial charge in [-0.05, 0) is 25.0 Å². The second-order valence-electron chi connectivity index (χ2n) is 5.59. The van der Waals surface area contributed by atoms with Crippen LogP contribution in [0.2, 0.25) is 0 Å². The molecule has 2 rings (SSSR count). The van der Waals surface area contributed by atoms with Gasteiger partial charge in [0.2, 0.25) is 5.91 Å². The topological polar surface area (TPSA) is 98.5 Å². The van der Waals surface area contributed by atoms with Crippen molar-refractivity contribution in [1.82, 2.24) is 0 Å². The zero-order chi connectivity index (χ0) is 19.4. The molecule has 0 fully saturated rings. The Balaban J connectivity index is 2.42. The fraction of sp³-hybridized carbons (Fsp3) is 0.278. The van der Waals surface area contributed by atoms with Crippen LogP contribution in [0.25, 0.3) is 0 Å². The van der Waals surface area contributed by atoms with E-state index in [4.69, 9.17) is 10.5 Å². The van der Waals surface area contributed by atoms with Gasteiger partial charge in [0.1, 0.15) is 10.8 Å². The maximum atomic E-state index is 14.0. The van der Waals surface area contributed by atoms with E-state index in [0.29, 0.717) is 12.0 Å². The lowest BCUT2D eigenvalue weighted by atomic mass is 9.95. The van der Waals surface area contributed by atoms with Crippen molar-refractivity contribution < 1.29 is 23.5 Å². The summed E-state index contributed by atoms with van der Waals surface area (Å²) in [6.45, 7) is 3.30. The van der Waals surface area contributed by atoms with Crippen LogP contribution in [-0.4, -0.2) is 24.9 Å². The Kier molecular flexibility index (Phi) is 6.10. The zero-order valence-electron chi connectivity index (χ0n) is 14.6. The Hall–Kier alpha value is -2.74. The number of thiophene rings is 1. The lowest BCUT2D eigenvalue weighted by Crippen LogP contribution is -2.22. The van der Waals surface area contributed by atoms with E-state index in [1.165, 1.54) is 13.2 Å². The van der Waals surface area contributed by atoms with Crippen molar-refractivity contribution in [2.45, 2.75) is 26.2 Å². The second kappa shape index (κ2) is 8.09. The maximum absolute atomic E-state index is 14.0. The van der Waals surface area contributed by atoms with E-state index in [1.54, 1.807) is 32.0 Å². The molecular formula is C18H19FN2O4S. The third-order valence-corrected chi connectivity index (χ3v) is 5.22. The smallest absolute Gasteiger partial charge is 0.341 e. The number of rotatable bonds is 6. The predicted molar refractivity (Wildman–Crippen MR) is 97.0 cm³/mol. The summed E-state index contributed by atoms with van der Waals surface area (Å²) in [6.07, 6.45) is 0.355. The molecule has 0 aliphatic heterocycles. The largest absolute Gasteiger partial charge is 0.465 e.